The lowest BCUT2D eigenvalue weighted by molar-refractivity contribution is -0.140. The van der Waals surface area contributed by atoms with Crippen molar-refractivity contribution in [2.24, 2.45) is 0 Å². The van der Waals surface area contributed by atoms with Crippen LogP contribution in [0.15, 0.2) is 54.1 Å². The Morgan fingerprint density at radius 2 is 1.73 bits per heavy atom. The minimum absolute atomic E-state index is 0.103. The number of ketones is 1. The normalized spacial score (nSPS) is 19.4. The van der Waals surface area contributed by atoms with Crippen molar-refractivity contribution in [2.75, 3.05) is 39.4 Å². The number of hydrogen-bond donors (Lipinski definition) is 1. The zero-order valence-corrected chi connectivity index (χ0v) is 19.1. The smallest absolute Gasteiger partial charge is 0.295 e. The van der Waals surface area contributed by atoms with Crippen LogP contribution in [0.1, 0.15) is 37.4 Å². The van der Waals surface area contributed by atoms with Gasteiger partial charge in [0.15, 0.2) is 11.5 Å². The average molecular weight is 451 g/mol. The van der Waals surface area contributed by atoms with Gasteiger partial charge in [-0.05, 0) is 49.8 Å². The Hall–Kier alpha value is -3.32. The largest absolute Gasteiger partial charge is 0.507 e. The molecule has 0 aliphatic carbocycles. The molecule has 2 heterocycles. The van der Waals surface area contributed by atoms with Gasteiger partial charge in [0.25, 0.3) is 11.7 Å². The summed E-state index contributed by atoms with van der Waals surface area (Å²) in [7, 11) is 0. The van der Waals surface area contributed by atoms with Crippen LogP contribution in [0.25, 0.3) is 5.76 Å². The van der Waals surface area contributed by atoms with Crippen LogP contribution in [0.5, 0.6) is 11.5 Å². The van der Waals surface area contributed by atoms with Gasteiger partial charge in [0.05, 0.1) is 11.6 Å². The highest BCUT2D eigenvalue weighted by Crippen LogP contribution is 2.41. The van der Waals surface area contributed by atoms with Gasteiger partial charge in [-0.25, -0.2) is 0 Å². The van der Waals surface area contributed by atoms with E-state index in [-0.39, 0.29) is 11.3 Å². The van der Waals surface area contributed by atoms with Crippen LogP contribution in [0.3, 0.4) is 0 Å². The second-order valence-corrected chi connectivity index (χ2v) is 8.14. The standard InChI is InChI=1S/C26H30N2O5/c1-3-27(4-2)13-8-14-28-23(18-9-6-5-7-10-18)22(25(30)26(28)31)24(29)19-11-12-20-21(17-19)33-16-15-32-20/h5-7,9-12,17,23,29H,3-4,8,13-16H2,1-2H3/t23-/m0/s1. The Balaban J connectivity index is 1.71. The number of aliphatic hydroxyl groups is 1. The van der Waals surface area contributed by atoms with E-state index in [1.54, 1.807) is 23.1 Å². The Kier molecular flexibility index (Phi) is 6.99. The molecule has 33 heavy (non-hydrogen) atoms. The number of likely N-dealkylation sites (tertiary alicyclic amines) is 1. The minimum Gasteiger partial charge on any atom is -0.507 e. The summed E-state index contributed by atoms with van der Waals surface area (Å²) in [5.74, 6) is -0.351. The highest BCUT2D eigenvalue weighted by Gasteiger charge is 2.45. The molecule has 0 spiro atoms. The first-order chi connectivity index (χ1) is 16.0. The van der Waals surface area contributed by atoms with Gasteiger partial charge < -0.3 is 24.4 Å². The first-order valence-corrected chi connectivity index (χ1v) is 11.5. The number of amides is 1. The summed E-state index contributed by atoms with van der Waals surface area (Å²) < 4.78 is 11.2. The van der Waals surface area contributed by atoms with Crippen molar-refractivity contribution < 1.29 is 24.2 Å². The zero-order valence-electron chi connectivity index (χ0n) is 19.1. The van der Waals surface area contributed by atoms with E-state index < -0.39 is 17.7 Å². The predicted molar refractivity (Wildman–Crippen MR) is 125 cm³/mol. The Bertz CT molecular complexity index is 1050. The van der Waals surface area contributed by atoms with Gasteiger partial charge in [-0.3, -0.25) is 9.59 Å². The van der Waals surface area contributed by atoms with Gasteiger partial charge in [-0.15, -0.1) is 0 Å². The lowest BCUT2D eigenvalue weighted by Crippen LogP contribution is -2.33. The molecule has 2 aliphatic rings. The van der Waals surface area contributed by atoms with Gasteiger partial charge in [0.2, 0.25) is 0 Å². The third kappa shape index (κ3) is 4.59. The van der Waals surface area contributed by atoms with E-state index in [9.17, 15) is 14.7 Å². The topological polar surface area (TPSA) is 79.3 Å². The molecule has 1 amide bonds. The van der Waals surface area contributed by atoms with Crippen molar-refractivity contribution in [1.82, 2.24) is 9.80 Å². The van der Waals surface area contributed by atoms with Gasteiger partial charge in [-0.2, -0.15) is 0 Å². The fourth-order valence-electron chi connectivity index (χ4n) is 4.44. The summed E-state index contributed by atoms with van der Waals surface area (Å²) in [6.07, 6.45) is 0.738. The Morgan fingerprint density at radius 1 is 1.03 bits per heavy atom. The van der Waals surface area contributed by atoms with E-state index >= 15 is 0 Å². The van der Waals surface area contributed by atoms with E-state index in [2.05, 4.69) is 18.7 Å². The van der Waals surface area contributed by atoms with E-state index in [4.69, 9.17) is 9.47 Å². The maximum absolute atomic E-state index is 13.1. The molecule has 0 bridgehead atoms. The molecular weight excluding hydrogens is 420 g/mol. The number of aliphatic hydroxyl groups excluding tert-OH is 1. The Labute approximate surface area is 194 Å². The summed E-state index contributed by atoms with van der Waals surface area (Å²) in [6.45, 7) is 8.21. The van der Waals surface area contributed by atoms with Crippen LogP contribution in [0.2, 0.25) is 0 Å². The lowest BCUT2D eigenvalue weighted by Gasteiger charge is -2.27. The second kappa shape index (κ2) is 10.1. The fraction of sp³-hybridized carbons (Fsp3) is 0.385. The SMILES string of the molecule is CCN(CC)CCCN1C(=O)C(=O)C(=C(O)c2ccc3c(c2)OCCO3)[C@@H]1c1ccccc1. The summed E-state index contributed by atoms with van der Waals surface area (Å²) in [6, 6.07) is 13.8. The monoisotopic (exact) mass is 450 g/mol. The van der Waals surface area contributed by atoms with Crippen LogP contribution in [0.4, 0.5) is 0 Å². The maximum Gasteiger partial charge on any atom is 0.295 e. The number of benzene rings is 2. The maximum atomic E-state index is 13.1. The van der Waals surface area contributed by atoms with Crippen molar-refractivity contribution in [3.05, 3.63) is 65.2 Å². The molecule has 1 atom stereocenters. The molecular formula is C26H30N2O5. The van der Waals surface area contributed by atoms with Crippen LogP contribution in [-0.2, 0) is 9.59 Å². The van der Waals surface area contributed by atoms with Crippen molar-refractivity contribution in [1.29, 1.82) is 0 Å². The molecule has 2 aromatic carbocycles. The van der Waals surface area contributed by atoms with E-state index in [1.807, 2.05) is 30.3 Å². The fourth-order valence-corrected chi connectivity index (χ4v) is 4.44. The molecule has 7 heteroatoms. The lowest BCUT2D eigenvalue weighted by atomic mass is 9.95. The summed E-state index contributed by atoms with van der Waals surface area (Å²) >= 11 is 0. The van der Waals surface area contributed by atoms with E-state index in [0.29, 0.717) is 36.8 Å². The summed E-state index contributed by atoms with van der Waals surface area (Å²) in [4.78, 5) is 30.1. The molecule has 1 N–H and O–H groups in total. The van der Waals surface area contributed by atoms with Gasteiger partial charge in [0.1, 0.15) is 19.0 Å². The van der Waals surface area contributed by atoms with Crippen LogP contribution in [0, 0.1) is 0 Å². The third-order valence-electron chi connectivity index (χ3n) is 6.24. The van der Waals surface area contributed by atoms with Crippen molar-refractivity contribution in [3.8, 4) is 11.5 Å². The number of rotatable bonds is 8. The second-order valence-electron chi connectivity index (χ2n) is 8.14. The number of carbonyl (C=O) groups excluding carboxylic acids is 2. The molecule has 174 valence electrons. The van der Waals surface area contributed by atoms with Crippen molar-refractivity contribution in [2.45, 2.75) is 26.3 Å². The minimum atomic E-state index is -0.668. The highest BCUT2D eigenvalue weighted by molar-refractivity contribution is 6.46. The molecule has 1 saturated heterocycles. The van der Waals surface area contributed by atoms with Gasteiger partial charge in [0, 0.05) is 12.1 Å². The molecule has 7 nitrogen and oxygen atoms in total. The number of fused-ring (bicyclic) bond motifs is 1. The third-order valence-corrected chi connectivity index (χ3v) is 6.24. The van der Waals surface area contributed by atoms with E-state index in [1.165, 1.54) is 0 Å². The number of hydrogen-bond acceptors (Lipinski definition) is 6. The summed E-state index contributed by atoms with van der Waals surface area (Å²) in [5, 5.41) is 11.2. The van der Waals surface area contributed by atoms with Gasteiger partial charge in [-0.1, -0.05) is 44.2 Å². The highest BCUT2D eigenvalue weighted by atomic mass is 16.6. The van der Waals surface area contributed by atoms with Crippen molar-refractivity contribution >= 4 is 17.4 Å². The molecule has 0 aromatic heterocycles. The molecule has 0 saturated carbocycles. The zero-order chi connectivity index (χ0) is 23.4. The molecule has 2 aromatic rings. The molecule has 0 unspecified atom stereocenters. The number of Topliss-reactive ketones (excluding diaryl/α,β-unsaturated/α-hetero) is 1. The molecule has 1 fully saturated rings. The predicted octanol–water partition coefficient (Wildman–Crippen LogP) is 3.61. The Morgan fingerprint density at radius 3 is 2.42 bits per heavy atom. The van der Waals surface area contributed by atoms with Gasteiger partial charge >= 0.3 is 0 Å². The molecule has 4 rings (SSSR count). The number of ether oxygens (including phenoxy) is 2. The first kappa shape index (κ1) is 22.9. The average Bonchev–Trinajstić information content (AvgIpc) is 3.11. The number of carbonyl (C=O) groups is 2. The molecule has 0 radical (unpaired) electrons. The summed E-state index contributed by atoms with van der Waals surface area (Å²) in [5.41, 5.74) is 1.31. The molecule has 2 aliphatic heterocycles. The first-order valence-electron chi connectivity index (χ1n) is 11.5. The van der Waals surface area contributed by atoms with E-state index in [0.717, 1.165) is 31.6 Å². The van der Waals surface area contributed by atoms with Crippen LogP contribution < -0.4 is 9.47 Å². The van der Waals surface area contributed by atoms with Crippen LogP contribution >= 0.6 is 0 Å². The quantitative estimate of drug-likeness (QED) is 0.376. The van der Waals surface area contributed by atoms with Crippen molar-refractivity contribution in [3.63, 3.8) is 0 Å². The van der Waals surface area contributed by atoms with Crippen LogP contribution in [-0.4, -0.2) is 66.0 Å². The number of nitrogens with zero attached hydrogens (tertiary/aromatic N) is 2.